The molecule has 8 heteroatoms. The monoisotopic (exact) mass is 288 g/mol. The fraction of sp³-hybridized carbons (Fsp3) is 0.500. The summed E-state index contributed by atoms with van der Waals surface area (Å²) in [6, 6.07) is 0. The second-order valence-electron chi connectivity index (χ2n) is 3.85. The normalized spacial score (nSPS) is 12.6. The van der Waals surface area contributed by atoms with Crippen molar-refractivity contribution in [1.29, 1.82) is 0 Å². The van der Waals surface area contributed by atoms with Gasteiger partial charge in [-0.25, -0.2) is 13.4 Å². The lowest BCUT2D eigenvalue weighted by molar-refractivity contribution is 0.425. The van der Waals surface area contributed by atoms with Gasteiger partial charge in [-0.15, -0.1) is 11.3 Å². The zero-order chi connectivity index (χ0) is 13.3. The van der Waals surface area contributed by atoms with Crippen molar-refractivity contribution in [2.45, 2.75) is 25.3 Å². The molecule has 2 heterocycles. The summed E-state index contributed by atoms with van der Waals surface area (Å²) in [6.07, 6.45) is 2.44. The standard InChI is InChI=1S/C10H16N4O2S2/c1-3-5-13(4-2)18(15,16)9-8(11)12-10-14(9)6-7-17-10/h6-7H,3-5,11H2,1-2H3. The molecule has 0 radical (unpaired) electrons. The van der Waals surface area contributed by atoms with Gasteiger partial charge in [-0.2, -0.15) is 4.31 Å². The molecular formula is C10H16N4O2S2. The van der Waals surface area contributed by atoms with Crippen molar-refractivity contribution < 1.29 is 8.42 Å². The number of hydrogen-bond acceptors (Lipinski definition) is 5. The molecule has 0 fully saturated rings. The van der Waals surface area contributed by atoms with E-state index in [0.717, 1.165) is 6.42 Å². The first-order chi connectivity index (χ1) is 8.52. The van der Waals surface area contributed by atoms with Crippen molar-refractivity contribution in [3.63, 3.8) is 0 Å². The van der Waals surface area contributed by atoms with E-state index in [4.69, 9.17) is 5.73 Å². The highest BCUT2D eigenvalue weighted by Gasteiger charge is 2.29. The number of hydrogen-bond donors (Lipinski definition) is 1. The van der Waals surface area contributed by atoms with Crippen LogP contribution in [0.5, 0.6) is 0 Å². The highest BCUT2D eigenvalue weighted by Crippen LogP contribution is 2.26. The van der Waals surface area contributed by atoms with Crippen LogP contribution in [0.15, 0.2) is 16.6 Å². The highest BCUT2D eigenvalue weighted by atomic mass is 32.2. The second kappa shape index (κ2) is 4.87. The fourth-order valence-corrected chi connectivity index (χ4v) is 4.35. The van der Waals surface area contributed by atoms with Gasteiger partial charge in [0.05, 0.1) is 0 Å². The number of thiazole rings is 1. The lowest BCUT2D eigenvalue weighted by Gasteiger charge is -2.19. The molecule has 0 spiro atoms. The van der Waals surface area contributed by atoms with Gasteiger partial charge in [-0.05, 0) is 6.42 Å². The molecule has 2 N–H and O–H groups in total. The first-order valence-electron chi connectivity index (χ1n) is 5.73. The van der Waals surface area contributed by atoms with E-state index in [1.807, 2.05) is 13.8 Å². The minimum atomic E-state index is -3.58. The van der Waals surface area contributed by atoms with Crippen LogP contribution in [0.25, 0.3) is 4.96 Å². The van der Waals surface area contributed by atoms with Gasteiger partial charge in [-0.1, -0.05) is 13.8 Å². The molecule has 0 amide bonds. The van der Waals surface area contributed by atoms with Crippen molar-refractivity contribution in [2.75, 3.05) is 18.8 Å². The SMILES string of the molecule is CCCN(CC)S(=O)(=O)c1c(N)nc2sccn12. The minimum Gasteiger partial charge on any atom is -0.381 e. The molecule has 0 aliphatic carbocycles. The van der Waals surface area contributed by atoms with E-state index in [-0.39, 0.29) is 10.8 Å². The average Bonchev–Trinajstić information content (AvgIpc) is 2.84. The van der Waals surface area contributed by atoms with E-state index < -0.39 is 10.0 Å². The summed E-state index contributed by atoms with van der Waals surface area (Å²) < 4.78 is 28.0. The predicted molar refractivity (Wildman–Crippen MR) is 72.2 cm³/mol. The first kappa shape index (κ1) is 13.3. The van der Waals surface area contributed by atoms with Crippen LogP contribution in [0, 0.1) is 0 Å². The van der Waals surface area contributed by atoms with Gasteiger partial charge >= 0.3 is 0 Å². The Hall–Kier alpha value is -1.12. The number of rotatable bonds is 5. The van der Waals surface area contributed by atoms with Gasteiger partial charge < -0.3 is 5.73 Å². The van der Waals surface area contributed by atoms with Crippen LogP contribution in [0.4, 0.5) is 5.82 Å². The third-order valence-corrected chi connectivity index (χ3v) is 5.43. The van der Waals surface area contributed by atoms with Crippen molar-refractivity contribution >= 4 is 32.1 Å². The van der Waals surface area contributed by atoms with Gasteiger partial charge in [0.25, 0.3) is 10.0 Å². The molecule has 2 aromatic heterocycles. The fourth-order valence-electron chi connectivity index (χ4n) is 1.86. The maximum absolute atomic E-state index is 12.5. The van der Waals surface area contributed by atoms with E-state index in [1.165, 1.54) is 20.0 Å². The molecule has 2 aromatic rings. The molecule has 0 unspecified atom stereocenters. The van der Waals surface area contributed by atoms with Gasteiger partial charge in [0.15, 0.2) is 15.8 Å². The zero-order valence-electron chi connectivity index (χ0n) is 10.3. The Morgan fingerprint density at radius 2 is 2.22 bits per heavy atom. The topological polar surface area (TPSA) is 80.7 Å². The molecule has 0 aliphatic heterocycles. The van der Waals surface area contributed by atoms with Gasteiger partial charge in [0.1, 0.15) is 0 Å². The van der Waals surface area contributed by atoms with Crippen molar-refractivity contribution in [2.24, 2.45) is 0 Å². The third-order valence-electron chi connectivity index (χ3n) is 2.65. The van der Waals surface area contributed by atoms with E-state index in [0.29, 0.717) is 18.1 Å². The Morgan fingerprint density at radius 3 is 2.83 bits per heavy atom. The Bertz CT molecular complexity index is 644. The number of aromatic nitrogens is 2. The quantitative estimate of drug-likeness (QED) is 0.901. The van der Waals surface area contributed by atoms with E-state index in [1.54, 1.807) is 11.6 Å². The molecule has 0 bridgehead atoms. The van der Waals surface area contributed by atoms with E-state index in [2.05, 4.69) is 4.98 Å². The van der Waals surface area contributed by atoms with Crippen molar-refractivity contribution in [3.8, 4) is 0 Å². The summed E-state index contributed by atoms with van der Waals surface area (Å²) in [6.45, 7) is 4.66. The summed E-state index contributed by atoms with van der Waals surface area (Å²) >= 11 is 1.36. The van der Waals surface area contributed by atoms with Gasteiger partial charge in [0, 0.05) is 24.7 Å². The van der Waals surface area contributed by atoms with Crippen LogP contribution < -0.4 is 5.73 Å². The van der Waals surface area contributed by atoms with Crippen LogP contribution in [-0.2, 0) is 10.0 Å². The number of sulfonamides is 1. The van der Waals surface area contributed by atoms with Crippen molar-refractivity contribution in [3.05, 3.63) is 11.6 Å². The summed E-state index contributed by atoms with van der Waals surface area (Å²) in [5.41, 5.74) is 5.74. The average molecular weight is 288 g/mol. The van der Waals surface area contributed by atoms with Crippen LogP contribution in [0.2, 0.25) is 0 Å². The number of nitrogens with two attached hydrogens (primary N) is 1. The number of nitrogen functional groups attached to an aromatic ring is 1. The second-order valence-corrected chi connectivity index (χ2v) is 6.58. The summed E-state index contributed by atoms with van der Waals surface area (Å²) in [5.74, 6) is 0.0661. The number of imidazole rings is 1. The van der Waals surface area contributed by atoms with Crippen LogP contribution in [-0.4, -0.2) is 35.2 Å². The Morgan fingerprint density at radius 1 is 1.50 bits per heavy atom. The molecule has 0 aliphatic rings. The molecule has 0 saturated carbocycles. The number of anilines is 1. The highest BCUT2D eigenvalue weighted by molar-refractivity contribution is 7.89. The number of fused-ring (bicyclic) bond motifs is 1. The molecule has 2 rings (SSSR count). The molecule has 0 saturated heterocycles. The molecule has 18 heavy (non-hydrogen) atoms. The predicted octanol–water partition coefficient (Wildman–Crippen LogP) is 1.40. The maximum atomic E-state index is 12.5. The first-order valence-corrected chi connectivity index (χ1v) is 8.05. The summed E-state index contributed by atoms with van der Waals surface area (Å²) in [7, 11) is -3.58. The molecule has 100 valence electrons. The Kier molecular flexibility index (Phi) is 3.60. The maximum Gasteiger partial charge on any atom is 0.262 e. The smallest absolute Gasteiger partial charge is 0.262 e. The van der Waals surface area contributed by atoms with Gasteiger partial charge in [0.2, 0.25) is 0 Å². The Labute approximate surface area is 110 Å². The Balaban J connectivity index is 2.58. The molecule has 0 aromatic carbocycles. The lowest BCUT2D eigenvalue weighted by Crippen LogP contribution is -2.32. The van der Waals surface area contributed by atoms with E-state index in [9.17, 15) is 8.42 Å². The van der Waals surface area contributed by atoms with Crippen LogP contribution in [0.1, 0.15) is 20.3 Å². The minimum absolute atomic E-state index is 0.0661. The van der Waals surface area contributed by atoms with Crippen molar-refractivity contribution in [1.82, 2.24) is 13.7 Å². The number of nitrogens with zero attached hydrogens (tertiary/aromatic N) is 3. The zero-order valence-corrected chi connectivity index (χ0v) is 12.0. The lowest BCUT2D eigenvalue weighted by atomic mass is 10.5. The van der Waals surface area contributed by atoms with Crippen LogP contribution >= 0.6 is 11.3 Å². The van der Waals surface area contributed by atoms with Crippen LogP contribution in [0.3, 0.4) is 0 Å². The largest absolute Gasteiger partial charge is 0.381 e. The molecule has 0 atom stereocenters. The summed E-state index contributed by atoms with van der Waals surface area (Å²) in [5, 5.41) is 1.87. The summed E-state index contributed by atoms with van der Waals surface area (Å²) in [4.78, 5) is 4.67. The molecule has 6 nitrogen and oxygen atoms in total. The van der Waals surface area contributed by atoms with Gasteiger partial charge in [-0.3, -0.25) is 4.40 Å². The van der Waals surface area contributed by atoms with E-state index >= 15 is 0 Å². The third kappa shape index (κ3) is 2.00. The molecular weight excluding hydrogens is 272 g/mol.